The maximum absolute atomic E-state index is 12.8. The van der Waals surface area contributed by atoms with Gasteiger partial charge in [-0.05, 0) is 37.8 Å². The molecule has 0 aromatic heterocycles. The minimum absolute atomic E-state index is 0.0497. The predicted molar refractivity (Wildman–Crippen MR) is 95.0 cm³/mol. The first kappa shape index (κ1) is 16.9. The van der Waals surface area contributed by atoms with E-state index in [0.29, 0.717) is 29.1 Å². The van der Waals surface area contributed by atoms with Crippen LogP contribution >= 0.6 is 0 Å². The quantitative estimate of drug-likeness (QED) is 0.456. The molecule has 0 saturated heterocycles. The average molecular weight is 358 g/mol. The van der Waals surface area contributed by atoms with Gasteiger partial charge in [0.25, 0.3) is 5.69 Å². The Morgan fingerprint density at radius 2 is 1.73 bits per heavy atom. The summed E-state index contributed by atoms with van der Waals surface area (Å²) in [4.78, 5) is 25.7. The van der Waals surface area contributed by atoms with E-state index in [9.17, 15) is 14.9 Å². The van der Waals surface area contributed by atoms with Crippen molar-refractivity contribution in [3.63, 3.8) is 0 Å². The summed E-state index contributed by atoms with van der Waals surface area (Å²) in [6, 6.07) is 3.56. The molecule has 1 amide bonds. The Kier molecular flexibility index (Phi) is 4.53. The molecule has 2 fully saturated rings. The highest BCUT2D eigenvalue weighted by Crippen LogP contribution is 2.39. The summed E-state index contributed by atoms with van der Waals surface area (Å²) in [6.07, 6.45) is 10.8. The monoisotopic (exact) mass is 358 g/mol. The fourth-order valence-electron chi connectivity index (χ4n) is 3.86. The second kappa shape index (κ2) is 6.97. The highest BCUT2D eigenvalue weighted by Gasteiger charge is 2.36. The van der Waals surface area contributed by atoms with Crippen LogP contribution in [0.15, 0.2) is 18.2 Å². The van der Waals surface area contributed by atoms with Crippen molar-refractivity contribution in [2.24, 2.45) is 0 Å². The summed E-state index contributed by atoms with van der Waals surface area (Å²) in [5.41, 5.74) is 0.265. The molecule has 0 spiro atoms. The zero-order chi connectivity index (χ0) is 18.1. The van der Waals surface area contributed by atoms with Crippen LogP contribution in [0, 0.1) is 10.1 Å². The van der Waals surface area contributed by atoms with E-state index < -0.39 is 4.92 Å². The van der Waals surface area contributed by atoms with Crippen LogP contribution in [-0.2, 0) is 4.79 Å². The Hall–Kier alpha value is -2.57. The second-order valence-corrected chi connectivity index (χ2v) is 7.12. The van der Waals surface area contributed by atoms with E-state index in [1.807, 2.05) is 4.90 Å². The largest absolute Gasteiger partial charge is 0.454 e. The van der Waals surface area contributed by atoms with Gasteiger partial charge in [-0.1, -0.05) is 19.3 Å². The van der Waals surface area contributed by atoms with E-state index in [0.717, 1.165) is 25.7 Å². The average Bonchev–Trinajstić information content (AvgIpc) is 3.36. The Labute approximate surface area is 151 Å². The highest BCUT2D eigenvalue weighted by molar-refractivity contribution is 5.93. The van der Waals surface area contributed by atoms with Gasteiger partial charge >= 0.3 is 0 Å². The summed E-state index contributed by atoms with van der Waals surface area (Å²) in [5.74, 6) is 0.780. The number of carbonyl (C=O) groups is 1. The highest BCUT2D eigenvalue weighted by atomic mass is 16.7. The number of ether oxygens (including phenoxy) is 2. The SMILES string of the molecule is O=C(/C=C\c1cc2c(cc1[N+](=O)[O-])OCO2)N(C1CCCCC1)C1CC1. The molecule has 3 aliphatic rings. The van der Waals surface area contributed by atoms with Crippen molar-refractivity contribution in [2.75, 3.05) is 6.79 Å². The lowest BCUT2D eigenvalue weighted by Gasteiger charge is -2.34. The zero-order valence-corrected chi connectivity index (χ0v) is 14.6. The number of nitro benzene ring substituents is 1. The van der Waals surface area contributed by atoms with E-state index in [1.165, 1.54) is 37.5 Å². The van der Waals surface area contributed by atoms with Crippen LogP contribution in [0.3, 0.4) is 0 Å². The number of rotatable bonds is 5. The van der Waals surface area contributed by atoms with Gasteiger partial charge in [-0.15, -0.1) is 0 Å². The molecule has 1 aliphatic heterocycles. The van der Waals surface area contributed by atoms with Gasteiger partial charge in [0.1, 0.15) is 0 Å². The van der Waals surface area contributed by atoms with Crippen molar-refractivity contribution in [3.8, 4) is 11.5 Å². The standard InChI is InChI=1S/C19H22N2O5/c22-19(20(15-7-8-15)14-4-2-1-3-5-14)9-6-13-10-17-18(26-12-25-17)11-16(13)21(23)24/h6,9-11,14-15H,1-5,7-8,12H2/b9-6-. The first-order chi connectivity index (χ1) is 12.6. The maximum Gasteiger partial charge on any atom is 0.280 e. The Morgan fingerprint density at radius 3 is 2.38 bits per heavy atom. The molecular weight excluding hydrogens is 336 g/mol. The zero-order valence-electron chi connectivity index (χ0n) is 14.6. The van der Waals surface area contributed by atoms with Crippen molar-refractivity contribution in [1.82, 2.24) is 4.90 Å². The number of fused-ring (bicyclic) bond motifs is 1. The molecule has 0 N–H and O–H groups in total. The third kappa shape index (κ3) is 3.38. The lowest BCUT2D eigenvalue weighted by Crippen LogP contribution is -2.42. The van der Waals surface area contributed by atoms with Gasteiger partial charge in [0.2, 0.25) is 12.7 Å². The molecule has 1 aromatic rings. The third-order valence-electron chi connectivity index (χ3n) is 5.29. The van der Waals surface area contributed by atoms with E-state index in [2.05, 4.69) is 0 Å². The molecule has 0 bridgehead atoms. The van der Waals surface area contributed by atoms with Crippen molar-refractivity contribution in [1.29, 1.82) is 0 Å². The van der Waals surface area contributed by atoms with Crippen LogP contribution < -0.4 is 9.47 Å². The molecule has 0 atom stereocenters. The number of hydrogen-bond acceptors (Lipinski definition) is 5. The molecule has 7 heteroatoms. The smallest absolute Gasteiger partial charge is 0.280 e. The summed E-state index contributed by atoms with van der Waals surface area (Å²) in [6.45, 7) is 0.0513. The Balaban J connectivity index is 1.56. The second-order valence-electron chi connectivity index (χ2n) is 7.12. The number of benzene rings is 1. The Morgan fingerprint density at radius 1 is 1.08 bits per heavy atom. The number of amides is 1. The van der Waals surface area contributed by atoms with Gasteiger partial charge in [0.15, 0.2) is 11.5 Å². The summed E-state index contributed by atoms with van der Waals surface area (Å²) < 4.78 is 10.5. The van der Waals surface area contributed by atoms with Crippen LogP contribution in [0.1, 0.15) is 50.5 Å². The molecule has 7 nitrogen and oxygen atoms in total. The molecule has 0 unspecified atom stereocenters. The molecule has 4 rings (SSSR count). The molecule has 0 radical (unpaired) electrons. The summed E-state index contributed by atoms with van der Waals surface area (Å²) in [5, 5.41) is 11.3. The fraction of sp³-hybridized carbons (Fsp3) is 0.526. The number of nitro groups is 1. The molecule has 1 aromatic carbocycles. The van der Waals surface area contributed by atoms with E-state index >= 15 is 0 Å². The lowest BCUT2D eigenvalue weighted by atomic mass is 9.94. The first-order valence-electron chi connectivity index (χ1n) is 9.22. The minimum atomic E-state index is -0.466. The molecule has 1 heterocycles. The van der Waals surface area contributed by atoms with Crippen LogP contribution in [-0.4, -0.2) is 34.6 Å². The number of carbonyl (C=O) groups excluding carboxylic acids is 1. The first-order valence-corrected chi connectivity index (χ1v) is 9.22. The molecular formula is C19H22N2O5. The van der Waals surface area contributed by atoms with E-state index in [1.54, 1.807) is 6.07 Å². The minimum Gasteiger partial charge on any atom is -0.454 e. The Bertz CT molecular complexity index is 751. The van der Waals surface area contributed by atoms with Crippen molar-refractivity contribution < 1.29 is 19.2 Å². The van der Waals surface area contributed by atoms with Gasteiger partial charge in [-0.25, -0.2) is 0 Å². The predicted octanol–water partition coefficient (Wildman–Crippen LogP) is 3.66. The fourth-order valence-corrected chi connectivity index (χ4v) is 3.86. The van der Waals surface area contributed by atoms with Crippen LogP contribution in [0.25, 0.3) is 6.08 Å². The van der Waals surface area contributed by atoms with E-state index in [4.69, 9.17) is 9.47 Å². The van der Waals surface area contributed by atoms with Gasteiger partial charge in [-0.2, -0.15) is 0 Å². The number of nitrogens with zero attached hydrogens (tertiary/aromatic N) is 2. The van der Waals surface area contributed by atoms with Gasteiger partial charge in [0, 0.05) is 18.2 Å². The third-order valence-corrected chi connectivity index (χ3v) is 5.29. The lowest BCUT2D eigenvalue weighted by molar-refractivity contribution is -0.385. The summed E-state index contributed by atoms with van der Waals surface area (Å²) >= 11 is 0. The van der Waals surface area contributed by atoms with Gasteiger partial charge in [-0.3, -0.25) is 14.9 Å². The van der Waals surface area contributed by atoms with Crippen molar-refractivity contribution in [3.05, 3.63) is 33.9 Å². The maximum atomic E-state index is 12.8. The molecule has 26 heavy (non-hydrogen) atoms. The number of hydrogen-bond donors (Lipinski definition) is 0. The van der Waals surface area contributed by atoms with Gasteiger partial charge < -0.3 is 14.4 Å². The van der Waals surface area contributed by atoms with Crippen molar-refractivity contribution in [2.45, 2.75) is 57.0 Å². The normalized spacial score (nSPS) is 19.7. The van der Waals surface area contributed by atoms with Crippen molar-refractivity contribution >= 4 is 17.7 Å². The molecule has 2 saturated carbocycles. The van der Waals surface area contributed by atoms with Crippen LogP contribution in [0.5, 0.6) is 11.5 Å². The molecule has 2 aliphatic carbocycles. The van der Waals surface area contributed by atoms with Gasteiger partial charge in [0.05, 0.1) is 16.6 Å². The summed E-state index contributed by atoms with van der Waals surface area (Å²) in [7, 11) is 0. The van der Waals surface area contributed by atoms with E-state index in [-0.39, 0.29) is 18.4 Å². The topological polar surface area (TPSA) is 81.9 Å². The van der Waals surface area contributed by atoms with Crippen LogP contribution in [0.4, 0.5) is 5.69 Å². The van der Waals surface area contributed by atoms with Crippen LogP contribution in [0.2, 0.25) is 0 Å². The molecule has 138 valence electrons.